The largest absolute Gasteiger partial charge is 0.392 e. The first kappa shape index (κ1) is 17.2. The molecule has 2 fully saturated rings. The zero-order valence-electron chi connectivity index (χ0n) is 13.9. The molecule has 4 heteroatoms. The first-order valence-corrected chi connectivity index (χ1v) is 8.92. The van der Waals surface area contributed by atoms with Crippen molar-refractivity contribution in [2.75, 3.05) is 32.7 Å². The molecule has 0 unspecified atom stereocenters. The van der Waals surface area contributed by atoms with Gasteiger partial charge >= 0.3 is 0 Å². The van der Waals surface area contributed by atoms with Crippen LogP contribution in [-0.2, 0) is 0 Å². The van der Waals surface area contributed by atoms with Crippen LogP contribution in [0.25, 0.3) is 0 Å². The molecule has 4 nitrogen and oxygen atoms in total. The first-order valence-electron chi connectivity index (χ1n) is 8.92. The molecule has 2 aliphatic heterocycles. The van der Waals surface area contributed by atoms with Crippen molar-refractivity contribution in [1.82, 2.24) is 9.80 Å². The Kier molecular flexibility index (Phi) is 6.93. The minimum atomic E-state index is -0.289. The van der Waals surface area contributed by atoms with Crippen molar-refractivity contribution in [3.05, 3.63) is 0 Å². The topological polar surface area (TPSA) is 46.9 Å². The van der Waals surface area contributed by atoms with Crippen LogP contribution in [0.15, 0.2) is 0 Å². The third kappa shape index (κ3) is 5.20. The maximum atomic E-state index is 10.4. The molecule has 0 aromatic heterocycles. The Morgan fingerprint density at radius 2 is 1.71 bits per heavy atom. The molecule has 0 aromatic rings. The minimum absolute atomic E-state index is 0.242. The van der Waals surface area contributed by atoms with E-state index in [2.05, 4.69) is 16.7 Å². The molecular formula is C17H34N2O2. The van der Waals surface area contributed by atoms with E-state index in [0.29, 0.717) is 6.54 Å². The molecule has 2 N–H and O–H groups in total. The van der Waals surface area contributed by atoms with E-state index in [1.54, 1.807) is 0 Å². The minimum Gasteiger partial charge on any atom is -0.392 e. The van der Waals surface area contributed by atoms with Gasteiger partial charge in [0, 0.05) is 19.1 Å². The number of β-amino-alcohol motifs (C(OH)–C–C–N with tert-alkyl or cyclic N) is 1. The number of piperidine rings is 2. The summed E-state index contributed by atoms with van der Waals surface area (Å²) in [5.41, 5.74) is 0. The number of likely N-dealkylation sites (tertiary alicyclic amines) is 2. The summed E-state index contributed by atoms with van der Waals surface area (Å²) in [6.07, 6.45) is 6.27. The van der Waals surface area contributed by atoms with Gasteiger partial charge in [0.1, 0.15) is 0 Å². The van der Waals surface area contributed by atoms with Crippen molar-refractivity contribution in [2.24, 2.45) is 5.92 Å². The maximum absolute atomic E-state index is 10.4. The number of rotatable bonds is 6. The van der Waals surface area contributed by atoms with Crippen LogP contribution in [-0.4, -0.2) is 71.0 Å². The molecule has 0 spiro atoms. The highest BCUT2D eigenvalue weighted by molar-refractivity contribution is 4.84. The van der Waals surface area contributed by atoms with Gasteiger partial charge in [0.15, 0.2) is 0 Å². The van der Waals surface area contributed by atoms with E-state index in [9.17, 15) is 10.2 Å². The van der Waals surface area contributed by atoms with Crippen molar-refractivity contribution in [2.45, 2.75) is 70.6 Å². The summed E-state index contributed by atoms with van der Waals surface area (Å²) in [7, 11) is 0. The molecule has 0 bridgehead atoms. The lowest BCUT2D eigenvalue weighted by molar-refractivity contribution is -0.00988. The summed E-state index contributed by atoms with van der Waals surface area (Å²) < 4.78 is 0. The zero-order valence-corrected chi connectivity index (χ0v) is 13.9. The summed E-state index contributed by atoms with van der Waals surface area (Å²) in [6, 6.07) is 0.250. The third-order valence-electron chi connectivity index (χ3n) is 5.32. The standard InChI is InChI=1S/C17H34N2O2/c1-3-17(21)16-6-4-5-9-19(16)13-15(20)12-18-10-7-14(2)8-11-18/h14-17,20-21H,3-13H2,1-2H3/t15-,16-,17+/m1/s1. The average molecular weight is 298 g/mol. The third-order valence-corrected chi connectivity index (χ3v) is 5.32. The molecule has 2 rings (SSSR count). The van der Waals surface area contributed by atoms with Crippen molar-refractivity contribution in [1.29, 1.82) is 0 Å². The van der Waals surface area contributed by atoms with Crippen LogP contribution in [0.2, 0.25) is 0 Å². The van der Waals surface area contributed by atoms with Crippen LogP contribution in [0.4, 0.5) is 0 Å². The second-order valence-electron chi connectivity index (χ2n) is 7.17. The Hall–Kier alpha value is -0.160. The van der Waals surface area contributed by atoms with E-state index in [1.807, 2.05) is 6.92 Å². The summed E-state index contributed by atoms with van der Waals surface area (Å²) in [5, 5.41) is 20.6. The van der Waals surface area contributed by atoms with Crippen molar-refractivity contribution in [3.8, 4) is 0 Å². The van der Waals surface area contributed by atoms with Crippen LogP contribution in [0.1, 0.15) is 52.4 Å². The number of aliphatic hydroxyl groups excluding tert-OH is 2. The van der Waals surface area contributed by atoms with Crippen LogP contribution in [0.5, 0.6) is 0 Å². The van der Waals surface area contributed by atoms with Crippen molar-refractivity contribution < 1.29 is 10.2 Å². The van der Waals surface area contributed by atoms with E-state index >= 15 is 0 Å². The molecule has 0 saturated carbocycles. The zero-order chi connectivity index (χ0) is 15.2. The molecule has 0 radical (unpaired) electrons. The van der Waals surface area contributed by atoms with Gasteiger partial charge in [0.05, 0.1) is 12.2 Å². The summed E-state index contributed by atoms with van der Waals surface area (Å²) in [4.78, 5) is 4.73. The monoisotopic (exact) mass is 298 g/mol. The average Bonchev–Trinajstić information content (AvgIpc) is 2.49. The van der Waals surface area contributed by atoms with E-state index < -0.39 is 0 Å². The highest BCUT2D eigenvalue weighted by atomic mass is 16.3. The lowest BCUT2D eigenvalue weighted by Gasteiger charge is -2.40. The number of hydrogen-bond donors (Lipinski definition) is 2. The smallest absolute Gasteiger partial charge is 0.0793 e. The molecule has 2 aliphatic rings. The van der Waals surface area contributed by atoms with Crippen LogP contribution >= 0.6 is 0 Å². The first-order chi connectivity index (χ1) is 10.1. The molecule has 0 aliphatic carbocycles. The second-order valence-corrected chi connectivity index (χ2v) is 7.17. The highest BCUT2D eigenvalue weighted by Crippen LogP contribution is 2.22. The Labute approximate surface area is 130 Å². The van der Waals surface area contributed by atoms with Crippen LogP contribution in [0.3, 0.4) is 0 Å². The van der Waals surface area contributed by atoms with Gasteiger partial charge in [-0.1, -0.05) is 20.3 Å². The van der Waals surface area contributed by atoms with Gasteiger partial charge in [0.25, 0.3) is 0 Å². The molecule has 0 aromatic carbocycles. The fourth-order valence-corrected chi connectivity index (χ4v) is 3.82. The van der Waals surface area contributed by atoms with Crippen LogP contribution < -0.4 is 0 Å². The van der Waals surface area contributed by atoms with E-state index in [0.717, 1.165) is 44.9 Å². The molecule has 124 valence electrons. The predicted octanol–water partition coefficient (Wildman–Crippen LogP) is 1.70. The second kappa shape index (κ2) is 8.47. The predicted molar refractivity (Wildman–Crippen MR) is 86.4 cm³/mol. The normalized spacial score (nSPS) is 29.4. The van der Waals surface area contributed by atoms with Gasteiger partial charge in [-0.25, -0.2) is 0 Å². The number of aliphatic hydroxyl groups is 2. The summed E-state index contributed by atoms with van der Waals surface area (Å²) >= 11 is 0. The van der Waals surface area contributed by atoms with E-state index in [4.69, 9.17) is 0 Å². The van der Waals surface area contributed by atoms with Gasteiger partial charge in [-0.05, 0) is 57.7 Å². The van der Waals surface area contributed by atoms with Crippen LogP contribution in [0, 0.1) is 5.92 Å². The Morgan fingerprint density at radius 3 is 2.38 bits per heavy atom. The van der Waals surface area contributed by atoms with Gasteiger partial charge in [-0.15, -0.1) is 0 Å². The Bertz CT molecular complexity index is 293. The lowest BCUT2D eigenvalue weighted by atomic mass is 9.95. The maximum Gasteiger partial charge on any atom is 0.0793 e. The van der Waals surface area contributed by atoms with E-state index in [-0.39, 0.29) is 18.2 Å². The van der Waals surface area contributed by atoms with Gasteiger partial charge < -0.3 is 15.1 Å². The van der Waals surface area contributed by atoms with Crippen molar-refractivity contribution in [3.63, 3.8) is 0 Å². The SMILES string of the molecule is CC[C@H](O)[C@H]1CCCCN1C[C@H](O)CN1CCC(C)CC1. The van der Waals surface area contributed by atoms with Gasteiger partial charge in [0.2, 0.25) is 0 Å². The molecular weight excluding hydrogens is 264 g/mol. The van der Waals surface area contributed by atoms with Gasteiger partial charge in [-0.2, -0.15) is 0 Å². The quantitative estimate of drug-likeness (QED) is 0.783. The fourth-order valence-electron chi connectivity index (χ4n) is 3.82. The Morgan fingerprint density at radius 1 is 1.00 bits per heavy atom. The molecule has 2 heterocycles. The fraction of sp³-hybridized carbons (Fsp3) is 1.00. The Balaban J connectivity index is 1.78. The molecule has 2 saturated heterocycles. The molecule has 3 atom stereocenters. The number of nitrogens with zero attached hydrogens (tertiary/aromatic N) is 2. The lowest BCUT2D eigenvalue weighted by Crippen LogP contribution is -2.51. The number of hydrogen-bond acceptors (Lipinski definition) is 4. The van der Waals surface area contributed by atoms with Crippen molar-refractivity contribution >= 4 is 0 Å². The van der Waals surface area contributed by atoms with E-state index in [1.165, 1.54) is 25.7 Å². The molecule has 0 amide bonds. The summed E-state index contributed by atoms with van der Waals surface area (Å²) in [6.45, 7) is 9.14. The van der Waals surface area contributed by atoms with Gasteiger partial charge in [-0.3, -0.25) is 4.90 Å². The summed E-state index contributed by atoms with van der Waals surface area (Å²) in [5.74, 6) is 0.838. The highest BCUT2D eigenvalue weighted by Gasteiger charge is 2.29. The molecule has 21 heavy (non-hydrogen) atoms.